The van der Waals surface area contributed by atoms with Gasteiger partial charge >= 0.3 is 0 Å². The maximum absolute atomic E-state index is 11.8. The Labute approximate surface area is 82.2 Å². The predicted molar refractivity (Wildman–Crippen MR) is 49.5 cm³/mol. The molecule has 0 spiro atoms. The minimum absolute atomic E-state index is 0.0533. The van der Waals surface area contributed by atoms with E-state index in [-0.39, 0.29) is 11.4 Å². The van der Waals surface area contributed by atoms with Gasteiger partial charge in [0.15, 0.2) is 5.69 Å². The normalized spacial score (nSPS) is 15.9. The van der Waals surface area contributed by atoms with Crippen LogP contribution in [0.2, 0.25) is 0 Å². The van der Waals surface area contributed by atoms with Crippen LogP contribution in [0.1, 0.15) is 37.0 Å². The summed E-state index contributed by atoms with van der Waals surface area (Å²) in [6, 6.07) is 0. The van der Waals surface area contributed by atoms with Gasteiger partial charge in [-0.3, -0.25) is 4.79 Å². The lowest BCUT2D eigenvalue weighted by molar-refractivity contribution is 0.0604. The van der Waals surface area contributed by atoms with Crippen LogP contribution in [0.3, 0.4) is 0 Å². The molecule has 0 unspecified atom stereocenters. The Bertz CT molecular complexity index is 383. The van der Waals surface area contributed by atoms with Crippen molar-refractivity contribution in [2.24, 2.45) is 0 Å². The lowest BCUT2D eigenvalue weighted by Crippen LogP contribution is -2.41. The van der Waals surface area contributed by atoms with Gasteiger partial charge in [-0.15, -0.1) is 10.2 Å². The summed E-state index contributed by atoms with van der Waals surface area (Å²) in [4.78, 5) is 17.5. The highest BCUT2D eigenvalue weighted by Crippen LogP contribution is 2.25. The van der Waals surface area contributed by atoms with Gasteiger partial charge in [0.2, 0.25) is 0 Å². The standard InChI is InChI=1S/C9H12N4O/c1-9(2,3)13-4-6-7(8(13)14)10-5-11-12-6/h5H,4H2,1-3H3. The molecule has 0 aromatic carbocycles. The van der Waals surface area contributed by atoms with Gasteiger partial charge in [-0.1, -0.05) is 0 Å². The highest BCUT2D eigenvalue weighted by molar-refractivity contribution is 5.96. The summed E-state index contributed by atoms with van der Waals surface area (Å²) in [5.74, 6) is -0.0533. The molecule has 74 valence electrons. The zero-order valence-corrected chi connectivity index (χ0v) is 8.48. The maximum Gasteiger partial charge on any atom is 0.275 e. The van der Waals surface area contributed by atoms with E-state index < -0.39 is 0 Å². The topological polar surface area (TPSA) is 59.0 Å². The van der Waals surface area contributed by atoms with E-state index in [1.54, 1.807) is 4.90 Å². The van der Waals surface area contributed by atoms with Crippen molar-refractivity contribution in [3.8, 4) is 0 Å². The first-order valence-corrected chi connectivity index (χ1v) is 4.48. The summed E-state index contributed by atoms with van der Waals surface area (Å²) >= 11 is 0. The molecular formula is C9H12N4O. The number of rotatable bonds is 0. The molecule has 0 atom stereocenters. The van der Waals surface area contributed by atoms with Crippen molar-refractivity contribution in [3.05, 3.63) is 17.7 Å². The van der Waals surface area contributed by atoms with Gasteiger partial charge in [0.25, 0.3) is 5.91 Å². The van der Waals surface area contributed by atoms with E-state index >= 15 is 0 Å². The molecule has 2 heterocycles. The van der Waals surface area contributed by atoms with E-state index in [0.29, 0.717) is 17.9 Å². The molecule has 1 aliphatic heterocycles. The summed E-state index contributed by atoms with van der Waals surface area (Å²) in [5.41, 5.74) is 0.918. The van der Waals surface area contributed by atoms with Crippen LogP contribution in [0.25, 0.3) is 0 Å². The second kappa shape index (κ2) is 2.73. The van der Waals surface area contributed by atoms with Crippen molar-refractivity contribution in [1.82, 2.24) is 20.1 Å². The van der Waals surface area contributed by atoms with Crippen LogP contribution in [0.5, 0.6) is 0 Å². The second-order valence-electron chi connectivity index (χ2n) is 4.32. The van der Waals surface area contributed by atoms with Gasteiger partial charge in [-0.05, 0) is 20.8 Å². The molecule has 1 aliphatic rings. The third-order valence-corrected chi connectivity index (χ3v) is 2.26. The van der Waals surface area contributed by atoms with Gasteiger partial charge in [0.1, 0.15) is 12.0 Å². The highest BCUT2D eigenvalue weighted by Gasteiger charge is 2.36. The number of nitrogens with zero attached hydrogens (tertiary/aromatic N) is 4. The molecule has 14 heavy (non-hydrogen) atoms. The monoisotopic (exact) mass is 192 g/mol. The quantitative estimate of drug-likeness (QED) is 0.604. The summed E-state index contributed by atoms with van der Waals surface area (Å²) in [6.45, 7) is 6.48. The minimum Gasteiger partial charge on any atom is -0.326 e. The fraction of sp³-hybridized carbons (Fsp3) is 0.556. The number of hydrogen-bond donors (Lipinski definition) is 0. The first-order chi connectivity index (χ1) is 6.50. The van der Waals surface area contributed by atoms with Gasteiger partial charge in [0, 0.05) is 5.54 Å². The molecule has 5 nitrogen and oxygen atoms in total. The second-order valence-corrected chi connectivity index (χ2v) is 4.32. The molecule has 2 rings (SSSR count). The Kier molecular flexibility index (Phi) is 1.77. The van der Waals surface area contributed by atoms with Crippen LogP contribution in [0, 0.1) is 0 Å². The molecule has 0 saturated carbocycles. The average Bonchev–Trinajstić information content (AvgIpc) is 2.44. The third kappa shape index (κ3) is 1.25. The lowest BCUT2D eigenvalue weighted by Gasteiger charge is -2.30. The Morgan fingerprint density at radius 3 is 2.71 bits per heavy atom. The van der Waals surface area contributed by atoms with Gasteiger partial charge in [-0.2, -0.15) is 0 Å². The number of carbonyl (C=O) groups excluding carboxylic acids is 1. The number of fused-ring (bicyclic) bond motifs is 1. The zero-order valence-electron chi connectivity index (χ0n) is 8.48. The van der Waals surface area contributed by atoms with E-state index in [9.17, 15) is 4.79 Å². The van der Waals surface area contributed by atoms with Crippen molar-refractivity contribution in [1.29, 1.82) is 0 Å². The molecular weight excluding hydrogens is 180 g/mol. The van der Waals surface area contributed by atoms with Crippen molar-refractivity contribution in [2.45, 2.75) is 32.9 Å². The largest absolute Gasteiger partial charge is 0.326 e. The Morgan fingerprint density at radius 1 is 1.43 bits per heavy atom. The Morgan fingerprint density at radius 2 is 2.14 bits per heavy atom. The summed E-state index contributed by atoms with van der Waals surface area (Å²) < 4.78 is 0. The van der Waals surface area contributed by atoms with E-state index in [1.807, 2.05) is 20.8 Å². The van der Waals surface area contributed by atoms with Gasteiger partial charge < -0.3 is 4.90 Å². The fourth-order valence-corrected chi connectivity index (χ4v) is 1.48. The number of amides is 1. The Balaban J connectivity index is 2.40. The van der Waals surface area contributed by atoms with Gasteiger partial charge in [-0.25, -0.2) is 4.98 Å². The van der Waals surface area contributed by atoms with Crippen molar-refractivity contribution in [3.63, 3.8) is 0 Å². The molecule has 0 aliphatic carbocycles. The minimum atomic E-state index is -0.195. The summed E-state index contributed by atoms with van der Waals surface area (Å²) in [7, 11) is 0. The van der Waals surface area contributed by atoms with E-state index in [1.165, 1.54) is 6.33 Å². The first kappa shape index (κ1) is 9.05. The average molecular weight is 192 g/mol. The maximum atomic E-state index is 11.8. The molecule has 0 bridgehead atoms. The zero-order chi connectivity index (χ0) is 10.3. The SMILES string of the molecule is CC(C)(C)N1Cc2nncnc2C1=O. The van der Waals surface area contributed by atoms with Gasteiger partial charge in [0.05, 0.1) is 6.54 Å². The van der Waals surface area contributed by atoms with Crippen LogP contribution in [0.15, 0.2) is 6.33 Å². The molecule has 1 amide bonds. The molecule has 1 aromatic rings. The molecule has 1 aromatic heterocycles. The number of hydrogen-bond acceptors (Lipinski definition) is 4. The highest BCUT2D eigenvalue weighted by atomic mass is 16.2. The molecule has 0 fully saturated rings. The van der Waals surface area contributed by atoms with Crippen molar-refractivity contribution in [2.75, 3.05) is 0 Å². The van der Waals surface area contributed by atoms with Crippen LogP contribution >= 0.6 is 0 Å². The Hall–Kier alpha value is -1.52. The van der Waals surface area contributed by atoms with Crippen LogP contribution in [-0.2, 0) is 6.54 Å². The van der Waals surface area contributed by atoms with Crippen molar-refractivity contribution < 1.29 is 4.79 Å². The lowest BCUT2D eigenvalue weighted by atomic mass is 10.1. The van der Waals surface area contributed by atoms with Crippen molar-refractivity contribution >= 4 is 5.91 Å². The van der Waals surface area contributed by atoms with E-state index in [0.717, 1.165) is 0 Å². The molecule has 0 N–H and O–H groups in total. The van der Waals surface area contributed by atoms with Crippen LogP contribution in [0.4, 0.5) is 0 Å². The summed E-state index contributed by atoms with van der Waals surface area (Å²) in [6.07, 6.45) is 1.31. The van der Waals surface area contributed by atoms with Crippen LogP contribution in [-0.4, -0.2) is 31.5 Å². The number of aromatic nitrogens is 3. The van der Waals surface area contributed by atoms with E-state index in [2.05, 4.69) is 15.2 Å². The fourth-order valence-electron chi connectivity index (χ4n) is 1.48. The number of carbonyl (C=O) groups is 1. The smallest absolute Gasteiger partial charge is 0.275 e. The first-order valence-electron chi connectivity index (χ1n) is 4.48. The predicted octanol–water partition coefficient (Wildman–Crippen LogP) is 0.626. The molecule has 5 heteroatoms. The molecule has 0 radical (unpaired) electrons. The van der Waals surface area contributed by atoms with Crippen LogP contribution < -0.4 is 0 Å². The summed E-state index contributed by atoms with van der Waals surface area (Å²) in [5, 5.41) is 7.57. The third-order valence-electron chi connectivity index (χ3n) is 2.26. The molecule has 0 saturated heterocycles. The van der Waals surface area contributed by atoms with E-state index in [4.69, 9.17) is 0 Å².